The first-order valence-electron chi connectivity index (χ1n) is 8.12. The van der Waals surface area contributed by atoms with Crippen molar-refractivity contribution in [3.05, 3.63) is 34.9 Å². The van der Waals surface area contributed by atoms with Gasteiger partial charge in [-0.15, -0.1) is 0 Å². The van der Waals surface area contributed by atoms with Crippen LogP contribution in [0.1, 0.15) is 48.7 Å². The third-order valence-electron chi connectivity index (χ3n) is 3.71. The van der Waals surface area contributed by atoms with Crippen LogP contribution < -0.4 is 10.6 Å². The molecule has 23 heavy (non-hydrogen) atoms. The summed E-state index contributed by atoms with van der Waals surface area (Å²) in [5, 5.41) is 5.72. The Kier molecular flexibility index (Phi) is 7.59. The van der Waals surface area contributed by atoms with Gasteiger partial charge in [0.1, 0.15) is 0 Å². The summed E-state index contributed by atoms with van der Waals surface area (Å²) in [7, 11) is 0. The molecule has 0 saturated heterocycles. The number of carbonyl (C=O) groups is 2. The lowest BCUT2D eigenvalue weighted by Crippen LogP contribution is -2.44. The maximum Gasteiger partial charge on any atom is 0.407 e. The Balaban J connectivity index is 2.67. The number of alkyl carbamates (subject to hydrolysis) is 1. The fourth-order valence-corrected chi connectivity index (χ4v) is 2.41. The number of ether oxygens (including phenoxy) is 1. The van der Waals surface area contributed by atoms with Gasteiger partial charge in [0.05, 0.1) is 6.61 Å². The maximum atomic E-state index is 12.4. The van der Waals surface area contributed by atoms with Gasteiger partial charge in [-0.2, -0.15) is 0 Å². The number of rotatable bonds is 7. The van der Waals surface area contributed by atoms with Crippen molar-refractivity contribution in [3.8, 4) is 0 Å². The Morgan fingerprint density at radius 1 is 1.22 bits per heavy atom. The molecule has 1 aromatic rings. The van der Waals surface area contributed by atoms with E-state index in [1.54, 1.807) is 6.92 Å². The molecule has 1 atom stereocenters. The summed E-state index contributed by atoms with van der Waals surface area (Å²) in [5.41, 5.74) is 2.73. The van der Waals surface area contributed by atoms with Crippen LogP contribution in [0.5, 0.6) is 0 Å². The second-order valence-corrected chi connectivity index (χ2v) is 6.15. The zero-order valence-corrected chi connectivity index (χ0v) is 14.7. The quantitative estimate of drug-likeness (QED) is 0.811. The lowest BCUT2D eigenvalue weighted by atomic mass is 10.0. The number of hydrogen-bond donors (Lipinski definition) is 2. The summed E-state index contributed by atoms with van der Waals surface area (Å²) in [5.74, 6) is 0.283. The second kappa shape index (κ2) is 9.18. The molecular weight excluding hydrogens is 292 g/mol. The third kappa shape index (κ3) is 6.30. The highest BCUT2D eigenvalue weighted by atomic mass is 16.5. The molecule has 0 aliphatic carbocycles. The molecule has 0 aliphatic rings. The summed E-state index contributed by atoms with van der Waals surface area (Å²) in [6.07, 6.45) is 0.324. The Morgan fingerprint density at radius 2 is 1.91 bits per heavy atom. The van der Waals surface area contributed by atoms with Crippen molar-refractivity contribution in [2.75, 3.05) is 13.2 Å². The van der Waals surface area contributed by atoms with Gasteiger partial charge in [-0.05, 0) is 50.3 Å². The lowest BCUT2D eigenvalue weighted by molar-refractivity contribution is 0.0944. The average Bonchev–Trinajstić information content (AvgIpc) is 2.47. The Bertz CT molecular complexity index is 541. The van der Waals surface area contributed by atoms with Gasteiger partial charge < -0.3 is 15.4 Å². The van der Waals surface area contributed by atoms with Crippen molar-refractivity contribution in [1.29, 1.82) is 0 Å². The van der Waals surface area contributed by atoms with Gasteiger partial charge in [0.2, 0.25) is 0 Å². The van der Waals surface area contributed by atoms with E-state index < -0.39 is 6.09 Å². The van der Waals surface area contributed by atoms with Crippen molar-refractivity contribution in [1.82, 2.24) is 10.6 Å². The van der Waals surface area contributed by atoms with Gasteiger partial charge in [-0.3, -0.25) is 4.79 Å². The molecule has 0 radical (unpaired) electrons. The van der Waals surface area contributed by atoms with Crippen LogP contribution in [0.25, 0.3) is 0 Å². The van der Waals surface area contributed by atoms with E-state index in [0.29, 0.717) is 24.6 Å². The van der Waals surface area contributed by atoms with E-state index in [4.69, 9.17) is 4.74 Å². The normalized spacial score (nSPS) is 11.9. The zero-order chi connectivity index (χ0) is 17.4. The smallest absolute Gasteiger partial charge is 0.407 e. The number of benzene rings is 1. The highest BCUT2D eigenvalue weighted by molar-refractivity contribution is 5.95. The molecule has 2 amide bonds. The molecule has 5 heteroatoms. The number of carbonyl (C=O) groups excluding carboxylic acids is 2. The molecule has 0 spiro atoms. The van der Waals surface area contributed by atoms with Crippen LogP contribution in [0.3, 0.4) is 0 Å². The van der Waals surface area contributed by atoms with Crippen LogP contribution >= 0.6 is 0 Å². The number of nitrogens with one attached hydrogen (secondary N) is 2. The zero-order valence-electron chi connectivity index (χ0n) is 14.7. The largest absolute Gasteiger partial charge is 0.450 e. The fraction of sp³-hybridized carbons (Fsp3) is 0.556. The van der Waals surface area contributed by atoms with Crippen LogP contribution in [0.15, 0.2) is 18.2 Å². The minimum Gasteiger partial charge on any atom is -0.450 e. The molecule has 0 fully saturated rings. The minimum absolute atomic E-state index is 0.120. The van der Waals surface area contributed by atoms with E-state index in [2.05, 4.69) is 24.5 Å². The first kappa shape index (κ1) is 19.0. The van der Waals surface area contributed by atoms with Crippen molar-refractivity contribution in [2.45, 2.75) is 47.1 Å². The summed E-state index contributed by atoms with van der Waals surface area (Å²) in [4.78, 5) is 24.0. The standard InChI is InChI=1S/C18H28N2O3/c1-6-23-18(22)20-15(10-12(2)3)11-19-17(21)16-9-7-8-13(4)14(16)5/h7-9,12,15H,6,10-11H2,1-5H3,(H,19,21)(H,20,22)/t15-/m1/s1. The molecule has 0 aromatic heterocycles. The molecule has 5 nitrogen and oxygen atoms in total. The molecular formula is C18H28N2O3. The van der Waals surface area contributed by atoms with Gasteiger partial charge in [-0.1, -0.05) is 26.0 Å². The first-order valence-corrected chi connectivity index (χ1v) is 8.12. The summed E-state index contributed by atoms with van der Waals surface area (Å²) in [6.45, 7) is 10.5. The highest BCUT2D eigenvalue weighted by Crippen LogP contribution is 2.12. The third-order valence-corrected chi connectivity index (χ3v) is 3.71. The second-order valence-electron chi connectivity index (χ2n) is 6.15. The summed E-state index contributed by atoms with van der Waals surface area (Å²) in [6, 6.07) is 5.52. The Labute approximate surface area is 138 Å². The van der Waals surface area contributed by atoms with E-state index in [1.165, 1.54) is 0 Å². The average molecular weight is 320 g/mol. The molecule has 0 saturated carbocycles. The van der Waals surface area contributed by atoms with Crippen molar-refractivity contribution < 1.29 is 14.3 Å². The molecule has 1 aromatic carbocycles. The molecule has 0 bridgehead atoms. The monoisotopic (exact) mass is 320 g/mol. The first-order chi connectivity index (χ1) is 10.8. The van der Waals surface area contributed by atoms with Crippen LogP contribution in [0.2, 0.25) is 0 Å². The van der Waals surface area contributed by atoms with Crippen LogP contribution in [-0.4, -0.2) is 31.2 Å². The molecule has 1 rings (SSSR count). The van der Waals surface area contributed by atoms with Crippen molar-refractivity contribution in [3.63, 3.8) is 0 Å². The van der Waals surface area contributed by atoms with Gasteiger partial charge >= 0.3 is 6.09 Å². The van der Waals surface area contributed by atoms with Crippen molar-refractivity contribution >= 4 is 12.0 Å². The summed E-state index contributed by atoms with van der Waals surface area (Å²) < 4.78 is 4.92. The Morgan fingerprint density at radius 3 is 2.52 bits per heavy atom. The highest BCUT2D eigenvalue weighted by Gasteiger charge is 2.17. The van der Waals surface area contributed by atoms with Gasteiger partial charge in [0.15, 0.2) is 0 Å². The molecule has 2 N–H and O–H groups in total. The van der Waals surface area contributed by atoms with Gasteiger partial charge in [0, 0.05) is 18.2 Å². The van der Waals surface area contributed by atoms with E-state index in [0.717, 1.165) is 17.5 Å². The predicted octanol–water partition coefficient (Wildman–Crippen LogP) is 3.19. The van der Waals surface area contributed by atoms with E-state index in [-0.39, 0.29) is 11.9 Å². The van der Waals surface area contributed by atoms with Gasteiger partial charge in [0.25, 0.3) is 5.91 Å². The van der Waals surface area contributed by atoms with E-state index >= 15 is 0 Å². The predicted molar refractivity (Wildman–Crippen MR) is 91.6 cm³/mol. The van der Waals surface area contributed by atoms with Crippen LogP contribution in [-0.2, 0) is 4.74 Å². The van der Waals surface area contributed by atoms with E-state index in [1.807, 2.05) is 32.0 Å². The minimum atomic E-state index is -0.445. The number of hydrogen-bond acceptors (Lipinski definition) is 3. The number of aryl methyl sites for hydroxylation is 1. The van der Waals surface area contributed by atoms with Crippen molar-refractivity contribution in [2.24, 2.45) is 5.92 Å². The van der Waals surface area contributed by atoms with E-state index in [9.17, 15) is 9.59 Å². The maximum absolute atomic E-state index is 12.4. The van der Waals surface area contributed by atoms with Crippen LogP contribution in [0.4, 0.5) is 4.79 Å². The molecule has 128 valence electrons. The summed E-state index contributed by atoms with van der Waals surface area (Å²) >= 11 is 0. The lowest BCUT2D eigenvalue weighted by Gasteiger charge is -2.21. The Hall–Kier alpha value is -2.04. The topological polar surface area (TPSA) is 67.4 Å². The number of amides is 2. The molecule has 0 heterocycles. The fourth-order valence-electron chi connectivity index (χ4n) is 2.41. The van der Waals surface area contributed by atoms with Crippen LogP contribution in [0, 0.1) is 19.8 Å². The SMILES string of the molecule is CCOC(=O)N[C@@H](CNC(=O)c1cccc(C)c1C)CC(C)C. The van der Waals surface area contributed by atoms with Gasteiger partial charge in [-0.25, -0.2) is 4.79 Å². The molecule has 0 aliphatic heterocycles. The molecule has 0 unspecified atom stereocenters.